The molecule has 3 N–H and O–H groups in total. The van der Waals surface area contributed by atoms with Crippen LogP contribution in [0.25, 0.3) is 0 Å². The van der Waals surface area contributed by atoms with Gasteiger partial charge < -0.3 is 10.8 Å². The van der Waals surface area contributed by atoms with Crippen LogP contribution < -0.4 is 5.73 Å². The van der Waals surface area contributed by atoms with E-state index in [4.69, 9.17) is 10.8 Å². The lowest BCUT2D eigenvalue weighted by Gasteiger charge is -2.23. The second-order valence-electron chi connectivity index (χ2n) is 4.87. The molecule has 0 radical (unpaired) electrons. The van der Waals surface area contributed by atoms with E-state index in [0.29, 0.717) is 0 Å². The van der Waals surface area contributed by atoms with Crippen LogP contribution in [-0.4, -0.2) is 46.7 Å². The average molecular weight is 335 g/mol. The number of carbonyl (C=O) groups excluding carboxylic acids is 1. The molecule has 0 saturated carbocycles. The number of nitro groups is 1. The smallest absolute Gasteiger partial charge is 0.396 e. The summed E-state index contributed by atoms with van der Waals surface area (Å²) in [5, 5.41) is 19.8. The summed E-state index contributed by atoms with van der Waals surface area (Å²) in [4.78, 5) is 22.3. The van der Waals surface area contributed by atoms with Gasteiger partial charge in [-0.3, -0.25) is 19.8 Å². The highest BCUT2D eigenvalue weighted by atomic mass is 19.4. The Kier molecular flexibility index (Phi) is 6.46. The lowest BCUT2D eigenvalue weighted by atomic mass is 10.1. The molecule has 0 aliphatic rings. The van der Waals surface area contributed by atoms with Crippen molar-refractivity contribution in [1.82, 2.24) is 4.90 Å². The van der Waals surface area contributed by atoms with Crippen LogP contribution in [-0.2, 0) is 6.54 Å². The van der Waals surface area contributed by atoms with Crippen molar-refractivity contribution >= 4 is 11.6 Å². The van der Waals surface area contributed by atoms with E-state index in [9.17, 15) is 28.1 Å². The van der Waals surface area contributed by atoms with Crippen molar-refractivity contribution in [2.75, 3.05) is 19.7 Å². The topological polar surface area (TPSA) is 110 Å². The zero-order valence-corrected chi connectivity index (χ0v) is 12.0. The molecule has 0 aliphatic heterocycles. The highest BCUT2D eigenvalue weighted by molar-refractivity contribution is 5.93. The molecule has 23 heavy (non-hydrogen) atoms. The molecule has 0 saturated heterocycles. The highest BCUT2D eigenvalue weighted by Gasteiger charge is 2.31. The number of aliphatic hydroxyl groups is 1. The summed E-state index contributed by atoms with van der Waals surface area (Å²) in [6.07, 6.45) is -4.37. The SMILES string of the molecule is NC(=O)c1ccc(CN(CCCO)CC(F)(F)F)c([N+](=O)[O-])c1. The summed E-state index contributed by atoms with van der Waals surface area (Å²) in [5.41, 5.74) is 4.49. The van der Waals surface area contributed by atoms with Crippen molar-refractivity contribution in [1.29, 1.82) is 0 Å². The Bertz CT molecular complexity index is 578. The first-order valence-corrected chi connectivity index (χ1v) is 6.61. The fourth-order valence-electron chi connectivity index (χ4n) is 2.02. The summed E-state index contributed by atoms with van der Waals surface area (Å²) < 4.78 is 37.7. The molecule has 0 aromatic heterocycles. The predicted molar refractivity (Wildman–Crippen MR) is 74.6 cm³/mol. The molecule has 7 nitrogen and oxygen atoms in total. The Morgan fingerprint density at radius 2 is 2.04 bits per heavy atom. The summed E-state index contributed by atoms with van der Waals surface area (Å²) in [6.45, 7) is -1.97. The summed E-state index contributed by atoms with van der Waals surface area (Å²) in [7, 11) is 0. The summed E-state index contributed by atoms with van der Waals surface area (Å²) in [5.74, 6) is -0.868. The Morgan fingerprint density at radius 3 is 2.52 bits per heavy atom. The molecule has 0 heterocycles. The van der Waals surface area contributed by atoms with Gasteiger partial charge in [0.15, 0.2) is 0 Å². The number of alkyl halides is 3. The van der Waals surface area contributed by atoms with Crippen molar-refractivity contribution in [2.24, 2.45) is 5.73 Å². The zero-order valence-electron chi connectivity index (χ0n) is 12.0. The van der Waals surface area contributed by atoms with Gasteiger partial charge in [0.05, 0.1) is 11.5 Å². The minimum Gasteiger partial charge on any atom is -0.396 e. The molecule has 128 valence electrons. The van der Waals surface area contributed by atoms with Gasteiger partial charge in [0, 0.05) is 36.9 Å². The van der Waals surface area contributed by atoms with Gasteiger partial charge in [0.2, 0.25) is 5.91 Å². The van der Waals surface area contributed by atoms with E-state index in [1.54, 1.807) is 0 Å². The number of primary amides is 1. The van der Waals surface area contributed by atoms with Gasteiger partial charge in [0.25, 0.3) is 5.69 Å². The molecule has 0 fully saturated rings. The maximum absolute atomic E-state index is 12.6. The maximum Gasteiger partial charge on any atom is 0.401 e. The number of hydrogen-bond donors (Lipinski definition) is 2. The molecule has 1 rings (SSSR count). The van der Waals surface area contributed by atoms with Gasteiger partial charge in [-0.25, -0.2) is 0 Å². The number of halogens is 3. The van der Waals surface area contributed by atoms with Gasteiger partial charge >= 0.3 is 6.18 Å². The predicted octanol–water partition coefficient (Wildman–Crippen LogP) is 1.44. The third-order valence-electron chi connectivity index (χ3n) is 3.00. The van der Waals surface area contributed by atoms with Crippen LogP contribution in [0.2, 0.25) is 0 Å². The van der Waals surface area contributed by atoms with Gasteiger partial charge in [-0.15, -0.1) is 0 Å². The molecule has 0 unspecified atom stereocenters. The Morgan fingerprint density at radius 1 is 1.39 bits per heavy atom. The maximum atomic E-state index is 12.6. The molecule has 0 atom stereocenters. The van der Waals surface area contributed by atoms with Gasteiger partial charge in [-0.05, 0) is 12.5 Å². The lowest BCUT2D eigenvalue weighted by Crippen LogP contribution is -2.35. The second-order valence-corrected chi connectivity index (χ2v) is 4.87. The lowest BCUT2D eigenvalue weighted by molar-refractivity contribution is -0.385. The van der Waals surface area contributed by atoms with Crippen molar-refractivity contribution < 1.29 is 28.0 Å². The van der Waals surface area contributed by atoms with Gasteiger partial charge in [-0.1, -0.05) is 6.07 Å². The first-order chi connectivity index (χ1) is 10.6. The fourth-order valence-corrected chi connectivity index (χ4v) is 2.02. The Labute approximate surface area is 129 Å². The van der Waals surface area contributed by atoms with Crippen LogP contribution in [0.5, 0.6) is 0 Å². The first-order valence-electron chi connectivity index (χ1n) is 6.61. The van der Waals surface area contributed by atoms with Crippen LogP contribution in [0, 0.1) is 10.1 Å². The highest BCUT2D eigenvalue weighted by Crippen LogP contribution is 2.24. The normalized spacial score (nSPS) is 11.7. The van der Waals surface area contributed by atoms with Crippen LogP contribution in [0.1, 0.15) is 22.3 Å². The van der Waals surface area contributed by atoms with Gasteiger partial charge in [-0.2, -0.15) is 13.2 Å². The molecular weight excluding hydrogens is 319 g/mol. The van der Waals surface area contributed by atoms with E-state index in [2.05, 4.69) is 0 Å². The van der Waals surface area contributed by atoms with Crippen molar-refractivity contribution in [3.05, 3.63) is 39.4 Å². The molecule has 0 aliphatic carbocycles. The van der Waals surface area contributed by atoms with Gasteiger partial charge in [0.1, 0.15) is 0 Å². The van der Waals surface area contributed by atoms with Crippen LogP contribution in [0.3, 0.4) is 0 Å². The molecular formula is C13H16F3N3O4. The molecule has 1 aromatic carbocycles. The number of nitro benzene ring substituents is 1. The van der Waals surface area contributed by atoms with Crippen molar-refractivity contribution in [3.8, 4) is 0 Å². The van der Waals surface area contributed by atoms with E-state index in [0.717, 1.165) is 11.0 Å². The quantitative estimate of drug-likeness (QED) is 0.552. The van der Waals surface area contributed by atoms with E-state index in [1.807, 2.05) is 0 Å². The number of amides is 1. The molecule has 0 bridgehead atoms. The van der Waals surface area contributed by atoms with E-state index >= 15 is 0 Å². The summed E-state index contributed by atoms with van der Waals surface area (Å²) in [6, 6.07) is 3.37. The molecule has 1 aromatic rings. The molecule has 10 heteroatoms. The third-order valence-corrected chi connectivity index (χ3v) is 3.00. The van der Waals surface area contributed by atoms with Crippen molar-refractivity contribution in [3.63, 3.8) is 0 Å². The molecule has 0 spiro atoms. The minimum atomic E-state index is -4.47. The number of nitrogens with zero attached hydrogens (tertiary/aromatic N) is 2. The van der Waals surface area contributed by atoms with E-state index in [-0.39, 0.29) is 37.2 Å². The number of hydrogen-bond acceptors (Lipinski definition) is 5. The van der Waals surface area contributed by atoms with Crippen molar-refractivity contribution in [2.45, 2.75) is 19.1 Å². The number of benzene rings is 1. The standard InChI is InChI=1S/C13H16F3N3O4/c14-13(15,16)8-18(4-1-5-20)7-10-3-2-9(12(17)21)6-11(10)19(22)23/h2-3,6,20H,1,4-5,7-8H2,(H2,17,21). The molecule has 1 amide bonds. The van der Waals surface area contributed by atoms with E-state index in [1.165, 1.54) is 12.1 Å². The van der Waals surface area contributed by atoms with Crippen LogP contribution >= 0.6 is 0 Å². The number of aliphatic hydroxyl groups excluding tert-OH is 1. The number of rotatable bonds is 8. The first kappa shape index (κ1) is 18.8. The van der Waals surface area contributed by atoms with Crippen LogP contribution in [0.4, 0.5) is 18.9 Å². The Balaban J connectivity index is 3.06. The Hall–Kier alpha value is -2.20. The number of nitrogens with two attached hydrogens (primary N) is 1. The fraction of sp³-hybridized carbons (Fsp3) is 0.462. The minimum absolute atomic E-state index is 0.0298. The second kappa shape index (κ2) is 7.88. The monoisotopic (exact) mass is 335 g/mol. The largest absolute Gasteiger partial charge is 0.401 e. The average Bonchev–Trinajstić information content (AvgIpc) is 2.43. The third kappa shape index (κ3) is 6.20. The van der Waals surface area contributed by atoms with Crippen LogP contribution in [0.15, 0.2) is 18.2 Å². The van der Waals surface area contributed by atoms with E-state index < -0.39 is 29.2 Å². The summed E-state index contributed by atoms with van der Waals surface area (Å²) >= 11 is 0. The number of carbonyl (C=O) groups is 1. The zero-order chi connectivity index (χ0) is 17.6.